The van der Waals surface area contributed by atoms with E-state index >= 15 is 0 Å². The van der Waals surface area contributed by atoms with E-state index in [9.17, 15) is 4.79 Å². The van der Waals surface area contributed by atoms with Crippen LogP contribution in [0, 0.1) is 20.8 Å². The van der Waals surface area contributed by atoms with Crippen LogP contribution < -0.4 is 0 Å². The summed E-state index contributed by atoms with van der Waals surface area (Å²) >= 11 is 1.32. The van der Waals surface area contributed by atoms with Crippen molar-refractivity contribution in [3.63, 3.8) is 0 Å². The quantitative estimate of drug-likeness (QED) is 0.436. The Morgan fingerprint density at radius 2 is 1.77 bits per heavy atom. The van der Waals surface area contributed by atoms with Crippen molar-refractivity contribution in [2.24, 2.45) is 0 Å². The molecule has 5 heteroatoms. The first-order valence-corrected chi connectivity index (χ1v) is 9.17. The second-order valence-electron chi connectivity index (χ2n) is 6.56. The Morgan fingerprint density at radius 1 is 1.00 bits per heavy atom. The molecule has 0 spiro atoms. The van der Waals surface area contributed by atoms with Crippen molar-refractivity contribution >= 4 is 28.3 Å². The number of nitrogens with zero attached hydrogens (tertiary/aromatic N) is 2. The average molecular weight is 362 g/mol. The Kier molecular flexibility index (Phi) is 3.96. The van der Waals surface area contributed by atoms with E-state index in [-0.39, 0.29) is 5.78 Å². The van der Waals surface area contributed by atoms with Gasteiger partial charge in [-0.1, -0.05) is 24.3 Å². The lowest BCUT2D eigenvalue weighted by molar-refractivity contribution is 0.101. The molecule has 0 amide bonds. The normalized spacial score (nSPS) is 11.2. The zero-order chi connectivity index (χ0) is 18.4. The number of aromatic nitrogens is 2. The lowest BCUT2D eigenvalue weighted by atomic mass is 10.0. The summed E-state index contributed by atoms with van der Waals surface area (Å²) in [6.07, 6.45) is 0. The van der Waals surface area contributed by atoms with Crippen molar-refractivity contribution in [1.82, 2.24) is 9.36 Å². The molecule has 4 nitrogen and oxygen atoms in total. The molecule has 0 aliphatic heterocycles. The fourth-order valence-electron chi connectivity index (χ4n) is 3.14. The molecule has 0 aliphatic carbocycles. The van der Waals surface area contributed by atoms with Crippen LogP contribution >= 0.6 is 11.5 Å². The third-order valence-corrected chi connectivity index (χ3v) is 5.33. The Balaban J connectivity index is 1.75. The van der Waals surface area contributed by atoms with Gasteiger partial charge in [0, 0.05) is 16.5 Å². The number of ketones is 1. The van der Waals surface area contributed by atoms with Crippen molar-refractivity contribution < 1.29 is 9.21 Å². The fraction of sp³-hybridized carbons (Fsp3) is 0.190. The molecule has 0 saturated heterocycles. The van der Waals surface area contributed by atoms with Crippen LogP contribution in [0.3, 0.4) is 0 Å². The van der Waals surface area contributed by atoms with Gasteiger partial charge in [0.25, 0.3) is 0 Å². The minimum atomic E-state index is 0.0639. The molecule has 4 rings (SSSR count). The largest absolute Gasteiger partial charge is 0.453 e. The van der Waals surface area contributed by atoms with E-state index in [0.717, 1.165) is 44.0 Å². The number of fused-ring (bicyclic) bond motifs is 1. The number of Topliss-reactive ketones (excluding diaryl/α,β-unsaturated/α-hetero) is 1. The third-order valence-electron chi connectivity index (χ3n) is 4.60. The van der Waals surface area contributed by atoms with E-state index in [1.807, 2.05) is 38.1 Å². The van der Waals surface area contributed by atoms with Crippen LogP contribution in [0.25, 0.3) is 33.1 Å². The van der Waals surface area contributed by atoms with Gasteiger partial charge < -0.3 is 4.42 Å². The summed E-state index contributed by atoms with van der Waals surface area (Å²) < 4.78 is 10.5. The molecule has 0 radical (unpaired) electrons. The van der Waals surface area contributed by atoms with E-state index < -0.39 is 0 Å². The highest BCUT2D eigenvalue weighted by Crippen LogP contribution is 2.33. The summed E-state index contributed by atoms with van der Waals surface area (Å²) in [5.74, 6) is 1.45. The highest BCUT2D eigenvalue weighted by molar-refractivity contribution is 7.09. The molecule has 0 aliphatic rings. The van der Waals surface area contributed by atoms with Crippen molar-refractivity contribution in [2.45, 2.75) is 27.7 Å². The Labute approximate surface area is 155 Å². The van der Waals surface area contributed by atoms with Crippen molar-refractivity contribution in [1.29, 1.82) is 0 Å². The molecule has 4 aromatic rings. The number of rotatable bonds is 3. The van der Waals surface area contributed by atoms with E-state index in [2.05, 4.69) is 28.4 Å². The molecule has 0 unspecified atom stereocenters. The maximum absolute atomic E-state index is 11.6. The molecule has 26 heavy (non-hydrogen) atoms. The number of hydrogen-bond acceptors (Lipinski definition) is 5. The molecule has 0 saturated carbocycles. The first-order chi connectivity index (χ1) is 12.4. The minimum Gasteiger partial charge on any atom is -0.453 e. The summed E-state index contributed by atoms with van der Waals surface area (Å²) in [6, 6.07) is 11.9. The summed E-state index contributed by atoms with van der Waals surface area (Å²) in [7, 11) is 0. The number of carbonyl (C=O) groups is 1. The van der Waals surface area contributed by atoms with Crippen molar-refractivity contribution in [3.8, 4) is 22.2 Å². The molecule has 2 heterocycles. The van der Waals surface area contributed by atoms with Crippen molar-refractivity contribution in [2.75, 3.05) is 0 Å². The van der Waals surface area contributed by atoms with Crippen LogP contribution in [-0.2, 0) is 0 Å². The smallest absolute Gasteiger partial charge is 0.179 e. The second kappa shape index (κ2) is 6.18. The maximum atomic E-state index is 11.6. The van der Waals surface area contributed by atoms with Crippen LogP contribution in [0.5, 0.6) is 0 Å². The SMILES string of the molecule is CC(=O)c1ccc(-c2nsc(-c3cc4c(C)ccc(C)c4o3)n2)cc1C. The Bertz CT molecular complexity index is 1120. The molecule has 130 valence electrons. The van der Waals surface area contributed by atoms with E-state index in [1.54, 1.807) is 6.92 Å². The first kappa shape index (κ1) is 16.7. The Hall–Kier alpha value is -2.79. The molecule has 0 atom stereocenters. The molecule has 0 N–H and O–H groups in total. The number of aryl methyl sites for hydroxylation is 3. The second-order valence-corrected chi connectivity index (χ2v) is 7.31. The number of benzene rings is 2. The molecule has 0 fully saturated rings. The van der Waals surface area contributed by atoms with Gasteiger partial charge in [0.1, 0.15) is 5.58 Å². The van der Waals surface area contributed by atoms with Gasteiger partial charge in [-0.25, -0.2) is 4.98 Å². The van der Waals surface area contributed by atoms with E-state index in [1.165, 1.54) is 17.1 Å². The zero-order valence-corrected chi connectivity index (χ0v) is 15.9. The number of furan rings is 1. The van der Waals surface area contributed by atoms with Gasteiger partial charge in [-0.3, -0.25) is 4.79 Å². The highest BCUT2D eigenvalue weighted by atomic mass is 32.1. The topological polar surface area (TPSA) is 56.0 Å². The van der Waals surface area contributed by atoms with Crippen LogP contribution in [0.4, 0.5) is 0 Å². The molecular formula is C21H18N2O2S. The maximum Gasteiger partial charge on any atom is 0.179 e. The van der Waals surface area contributed by atoms with Gasteiger partial charge >= 0.3 is 0 Å². The van der Waals surface area contributed by atoms with Gasteiger partial charge in [0.15, 0.2) is 22.4 Å². The molecule has 2 aromatic carbocycles. The van der Waals surface area contributed by atoms with E-state index in [0.29, 0.717) is 5.82 Å². The summed E-state index contributed by atoms with van der Waals surface area (Å²) in [5, 5.41) is 1.86. The summed E-state index contributed by atoms with van der Waals surface area (Å²) in [6.45, 7) is 7.62. The van der Waals surface area contributed by atoms with Gasteiger partial charge in [-0.15, -0.1) is 0 Å². The Morgan fingerprint density at radius 3 is 2.46 bits per heavy atom. The van der Waals surface area contributed by atoms with Crippen LogP contribution in [0.1, 0.15) is 34.0 Å². The predicted octanol–water partition coefficient (Wildman–Crippen LogP) is 5.75. The summed E-state index contributed by atoms with van der Waals surface area (Å²) in [4.78, 5) is 16.3. The predicted molar refractivity (Wildman–Crippen MR) is 105 cm³/mol. The van der Waals surface area contributed by atoms with Crippen molar-refractivity contribution in [3.05, 3.63) is 58.7 Å². The number of hydrogen-bond donors (Lipinski definition) is 0. The van der Waals surface area contributed by atoms with Crippen LogP contribution in [-0.4, -0.2) is 15.1 Å². The first-order valence-electron chi connectivity index (χ1n) is 8.40. The molecule has 0 bridgehead atoms. The van der Waals surface area contributed by atoms with Gasteiger partial charge in [-0.05, 0) is 68.1 Å². The van der Waals surface area contributed by atoms with Gasteiger partial charge in [0.05, 0.1) is 0 Å². The molecule has 2 aromatic heterocycles. The highest BCUT2D eigenvalue weighted by Gasteiger charge is 2.15. The standard InChI is InChI=1S/C21H18N2O2S/c1-11-5-6-12(2)19-17(11)10-18(25-19)21-22-20(23-26-21)15-7-8-16(14(4)24)13(3)9-15/h5-10H,1-4H3. The van der Waals surface area contributed by atoms with Crippen LogP contribution in [0.2, 0.25) is 0 Å². The summed E-state index contributed by atoms with van der Waals surface area (Å²) in [5.41, 5.74) is 5.75. The fourth-order valence-corrected chi connectivity index (χ4v) is 3.77. The number of carbonyl (C=O) groups excluding carboxylic acids is 1. The molecular weight excluding hydrogens is 344 g/mol. The zero-order valence-electron chi connectivity index (χ0n) is 15.1. The third kappa shape index (κ3) is 2.74. The lowest BCUT2D eigenvalue weighted by Crippen LogP contribution is -1.96. The van der Waals surface area contributed by atoms with Crippen LogP contribution in [0.15, 0.2) is 40.8 Å². The van der Waals surface area contributed by atoms with E-state index in [4.69, 9.17) is 4.42 Å². The minimum absolute atomic E-state index is 0.0639. The lowest BCUT2D eigenvalue weighted by Gasteiger charge is -2.03. The van der Waals surface area contributed by atoms with Gasteiger partial charge in [-0.2, -0.15) is 4.37 Å². The monoisotopic (exact) mass is 362 g/mol. The average Bonchev–Trinajstić information content (AvgIpc) is 3.25. The van der Waals surface area contributed by atoms with Gasteiger partial charge in [0.2, 0.25) is 0 Å².